The second-order valence-electron chi connectivity index (χ2n) is 4.02. The summed E-state index contributed by atoms with van der Waals surface area (Å²) in [5.41, 5.74) is 1.09. The molecule has 0 radical (unpaired) electrons. The van der Waals surface area contributed by atoms with Crippen molar-refractivity contribution in [3.05, 3.63) is 33.8 Å². The van der Waals surface area contributed by atoms with Crippen molar-refractivity contribution in [3.63, 3.8) is 0 Å². The molecule has 0 spiro atoms. The van der Waals surface area contributed by atoms with Crippen molar-refractivity contribution < 1.29 is 0 Å². The number of halogens is 3. The number of hydrogen-bond acceptors (Lipinski definition) is 1. The van der Waals surface area contributed by atoms with Crippen molar-refractivity contribution in [1.82, 2.24) is 5.32 Å². The van der Waals surface area contributed by atoms with Crippen LogP contribution in [0.1, 0.15) is 31.2 Å². The molecule has 1 aromatic rings. The van der Waals surface area contributed by atoms with Crippen molar-refractivity contribution in [2.24, 2.45) is 0 Å². The Morgan fingerprint density at radius 2 is 1.76 bits per heavy atom. The third-order valence-electron chi connectivity index (χ3n) is 2.57. The normalized spacial score (nSPS) is 10.8. The number of rotatable bonds is 8. The van der Waals surface area contributed by atoms with Crippen molar-refractivity contribution >= 4 is 34.8 Å². The van der Waals surface area contributed by atoms with Crippen LogP contribution in [0.3, 0.4) is 0 Å². The number of nitrogens with one attached hydrogen (secondary N) is 1. The molecule has 0 fully saturated rings. The minimum Gasteiger partial charge on any atom is -0.313 e. The maximum Gasteiger partial charge on any atom is 0.0465 e. The van der Waals surface area contributed by atoms with E-state index in [1.807, 2.05) is 12.1 Å². The Morgan fingerprint density at radius 3 is 2.47 bits per heavy atom. The molecular formula is C13H18Cl3N. The van der Waals surface area contributed by atoms with Gasteiger partial charge in [-0.2, -0.15) is 0 Å². The molecule has 0 amide bonds. The monoisotopic (exact) mass is 293 g/mol. The van der Waals surface area contributed by atoms with E-state index in [2.05, 4.69) is 5.32 Å². The summed E-state index contributed by atoms with van der Waals surface area (Å²) in [6.45, 7) is 1.81. The standard InChI is InChI=1S/C13H18Cl3N/c14-7-3-1-2-4-8-17-10-11-5-6-12(15)9-13(11)16/h5-6,9,17H,1-4,7-8,10H2. The Kier molecular flexibility index (Phi) is 8.04. The second kappa shape index (κ2) is 9.04. The van der Waals surface area contributed by atoms with Crippen LogP contribution < -0.4 is 5.32 Å². The predicted octanol–water partition coefficient (Wildman–Crippen LogP) is 4.88. The van der Waals surface area contributed by atoms with Crippen LogP contribution in [0.4, 0.5) is 0 Å². The molecule has 0 heterocycles. The van der Waals surface area contributed by atoms with Crippen molar-refractivity contribution in [3.8, 4) is 0 Å². The van der Waals surface area contributed by atoms with Gasteiger partial charge in [0.05, 0.1) is 0 Å². The fourth-order valence-corrected chi connectivity index (χ4v) is 2.25. The van der Waals surface area contributed by atoms with Gasteiger partial charge >= 0.3 is 0 Å². The van der Waals surface area contributed by atoms with E-state index in [4.69, 9.17) is 34.8 Å². The highest BCUT2D eigenvalue weighted by Gasteiger charge is 2.00. The number of benzene rings is 1. The van der Waals surface area contributed by atoms with E-state index < -0.39 is 0 Å². The minimum absolute atomic E-state index is 0.680. The molecule has 1 rings (SSSR count). The maximum absolute atomic E-state index is 6.07. The molecule has 0 bridgehead atoms. The van der Waals surface area contributed by atoms with Gasteiger partial charge in [0.25, 0.3) is 0 Å². The summed E-state index contributed by atoms with van der Waals surface area (Å²) in [5, 5.41) is 4.79. The SMILES string of the molecule is ClCCCCCCNCc1ccc(Cl)cc1Cl. The molecule has 0 saturated carbocycles. The molecule has 96 valence electrons. The summed E-state index contributed by atoms with van der Waals surface area (Å²) in [7, 11) is 0. The van der Waals surface area contributed by atoms with Gasteiger partial charge in [0.1, 0.15) is 0 Å². The largest absolute Gasteiger partial charge is 0.313 e. The smallest absolute Gasteiger partial charge is 0.0465 e. The first-order valence-electron chi connectivity index (χ1n) is 5.94. The lowest BCUT2D eigenvalue weighted by Crippen LogP contribution is -2.14. The number of hydrogen-bond donors (Lipinski definition) is 1. The molecule has 1 aromatic carbocycles. The van der Waals surface area contributed by atoms with Gasteiger partial charge in [0.2, 0.25) is 0 Å². The Balaban J connectivity index is 2.14. The molecule has 0 aliphatic rings. The van der Waals surface area contributed by atoms with E-state index in [1.165, 1.54) is 19.3 Å². The summed E-state index contributed by atoms with van der Waals surface area (Å²) in [6, 6.07) is 5.61. The summed E-state index contributed by atoms with van der Waals surface area (Å²) in [4.78, 5) is 0. The maximum atomic E-state index is 6.07. The van der Waals surface area contributed by atoms with Crippen LogP contribution in [0.15, 0.2) is 18.2 Å². The topological polar surface area (TPSA) is 12.0 Å². The molecule has 0 aliphatic heterocycles. The average Bonchev–Trinajstić information content (AvgIpc) is 2.30. The van der Waals surface area contributed by atoms with E-state index in [9.17, 15) is 0 Å². The highest BCUT2D eigenvalue weighted by atomic mass is 35.5. The predicted molar refractivity (Wildman–Crippen MR) is 77.4 cm³/mol. The van der Waals surface area contributed by atoms with Crippen LogP contribution in [-0.4, -0.2) is 12.4 Å². The molecule has 1 N–H and O–H groups in total. The summed E-state index contributed by atoms with van der Waals surface area (Å²) in [6.07, 6.45) is 4.74. The Labute approximate surface area is 118 Å². The van der Waals surface area contributed by atoms with Crippen molar-refractivity contribution in [1.29, 1.82) is 0 Å². The fraction of sp³-hybridized carbons (Fsp3) is 0.538. The molecule has 4 heteroatoms. The van der Waals surface area contributed by atoms with Crippen LogP contribution in [-0.2, 0) is 6.54 Å². The first-order valence-corrected chi connectivity index (χ1v) is 7.23. The average molecular weight is 295 g/mol. The molecule has 0 aliphatic carbocycles. The van der Waals surface area contributed by atoms with Crippen LogP contribution in [0, 0.1) is 0 Å². The summed E-state index contributed by atoms with van der Waals surface area (Å²) >= 11 is 17.5. The Bertz CT molecular complexity index is 328. The van der Waals surface area contributed by atoms with Gasteiger partial charge in [-0.1, -0.05) is 42.1 Å². The first-order chi connectivity index (χ1) is 8.24. The van der Waals surface area contributed by atoms with Crippen LogP contribution in [0.25, 0.3) is 0 Å². The number of alkyl halides is 1. The lowest BCUT2D eigenvalue weighted by molar-refractivity contribution is 0.599. The quantitative estimate of drug-likeness (QED) is 0.532. The Morgan fingerprint density at radius 1 is 1.00 bits per heavy atom. The molecular weight excluding hydrogens is 277 g/mol. The molecule has 1 nitrogen and oxygen atoms in total. The third-order valence-corrected chi connectivity index (χ3v) is 3.42. The highest BCUT2D eigenvalue weighted by Crippen LogP contribution is 2.20. The van der Waals surface area contributed by atoms with Gasteiger partial charge < -0.3 is 5.32 Å². The van der Waals surface area contributed by atoms with Gasteiger partial charge in [-0.3, -0.25) is 0 Å². The van der Waals surface area contributed by atoms with Crippen molar-refractivity contribution in [2.75, 3.05) is 12.4 Å². The van der Waals surface area contributed by atoms with Gasteiger partial charge in [0, 0.05) is 22.5 Å². The number of unbranched alkanes of at least 4 members (excludes halogenated alkanes) is 3. The summed E-state index contributed by atoms with van der Waals surface area (Å²) in [5.74, 6) is 0.772. The van der Waals surface area contributed by atoms with Gasteiger partial charge in [-0.05, 0) is 37.1 Å². The molecule has 0 atom stereocenters. The van der Waals surface area contributed by atoms with E-state index >= 15 is 0 Å². The fourth-order valence-electron chi connectivity index (χ4n) is 1.59. The van der Waals surface area contributed by atoms with E-state index in [0.29, 0.717) is 5.02 Å². The lowest BCUT2D eigenvalue weighted by Gasteiger charge is -2.07. The molecule has 0 unspecified atom stereocenters. The van der Waals surface area contributed by atoms with Crippen LogP contribution in [0.2, 0.25) is 10.0 Å². The molecule has 0 saturated heterocycles. The zero-order valence-electron chi connectivity index (χ0n) is 9.82. The Hall–Kier alpha value is 0.0500. The minimum atomic E-state index is 0.680. The highest BCUT2D eigenvalue weighted by molar-refractivity contribution is 6.35. The zero-order chi connectivity index (χ0) is 12.5. The van der Waals surface area contributed by atoms with Gasteiger partial charge in [-0.25, -0.2) is 0 Å². The molecule has 0 aromatic heterocycles. The molecule has 17 heavy (non-hydrogen) atoms. The van der Waals surface area contributed by atoms with Crippen LogP contribution >= 0.6 is 34.8 Å². The lowest BCUT2D eigenvalue weighted by atomic mass is 10.2. The van der Waals surface area contributed by atoms with Gasteiger partial charge in [0.15, 0.2) is 0 Å². The first kappa shape index (κ1) is 15.1. The van der Waals surface area contributed by atoms with Gasteiger partial charge in [-0.15, -0.1) is 11.6 Å². The zero-order valence-corrected chi connectivity index (χ0v) is 12.1. The second-order valence-corrected chi connectivity index (χ2v) is 5.24. The van der Waals surface area contributed by atoms with Crippen LogP contribution in [0.5, 0.6) is 0 Å². The van der Waals surface area contributed by atoms with Crippen molar-refractivity contribution in [2.45, 2.75) is 32.2 Å². The van der Waals surface area contributed by atoms with E-state index in [1.54, 1.807) is 6.07 Å². The third kappa shape index (κ3) is 6.52. The van der Waals surface area contributed by atoms with E-state index in [-0.39, 0.29) is 0 Å². The summed E-state index contributed by atoms with van der Waals surface area (Å²) < 4.78 is 0. The van der Waals surface area contributed by atoms with E-state index in [0.717, 1.165) is 36.0 Å².